The second-order valence-corrected chi connectivity index (χ2v) is 10.9. The number of fused-ring (bicyclic) bond motifs is 1. The van der Waals surface area contributed by atoms with E-state index in [1.165, 1.54) is 0 Å². The van der Waals surface area contributed by atoms with Gasteiger partial charge >= 0.3 is 6.09 Å². The summed E-state index contributed by atoms with van der Waals surface area (Å²) in [4.78, 5) is 12.1. The van der Waals surface area contributed by atoms with Crippen LogP contribution >= 0.6 is 0 Å². The zero-order valence-corrected chi connectivity index (χ0v) is 18.8. The third-order valence-corrected chi connectivity index (χ3v) is 6.98. The van der Waals surface area contributed by atoms with Crippen LogP contribution in [0.1, 0.15) is 46.5 Å². The number of alkyl carbamates (subject to hydrolysis) is 1. The minimum atomic E-state index is -3.57. The highest BCUT2D eigenvalue weighted by Crippen LogP contribution is 2.29. The highest BCUT2D eigenvalue weighted by molar-refractivity contribution is 7.89. The van der Waals surface area contributed by atoms with Crippen molar-refractivity contribution in [3.8, 4) is 0 Å². The van der Waals surface area contributed by atoms with Gasteiger partial charge in [-0.05, 0) is 69.7 Å². The number of amides is 1. The topological polar surface area (TPSA) is 84.5 Å². The van der Waals surface area contributed by atoms with Crippen LogP contribution in [0.25, 0.3) is 10.8 Å². The summed E-state index contributed by atoms with van der Waals surface area (Å²) in [5.74, 6) is 0.635. The Morgan fingerprint density at radius 3 is 2.33 bits per heavy atom. The number of hydrogen-bond donors (Lipinski definition) is 2. The lowest BCUT2D eigenvalue weighted by molar-refractivity contribution is 0.103. The maximum absolute atomic E-state index is 12.9. The summed E-state index contributed by atoms with van der Waals surface area (Å²) in [6, 6.07) is 12.9. The smallest absolute Gasteiger partial charge is 0.407 e. The van der Waals surface area contributed by atoms with E-state index in [0.29, 0.717) is 29.9 Å². The van der Waals surface area contributed by atoms with Crippen LogP contribution in [0.5, 0.6) is 0 Å². The largest absolute Gasteiger partial charge is 0.449 e. The van der Waals surface area contributed by atoms with Crippen LogP contribution in [0.3, 0.4) is 0 Å². The van der Waals surface area contributed by atoms with Crippen LogP contribution in [0.15, 0.2) is 47.4 Å². The summed E-state index contributed by atoms with van der Waals surface area (Å²) >= 11 is 0. The van der Waals surface area contributed by atoms with E-state index in [1.54, 1.807) is 12.1 Å². The summed E-state index contributed by atoms with van der Waals surface area (Å²) in [7, 11) is -3.57. The summed E-state index contributed by atoms with van der Waals surface area (Å²) < 4.78 is 33.9. The van der Waals surface area contributed by atoms with E-state index in [1.807, 2.05) is 51.1 Å². The van der Waals surface area contributed by atoms with Crippen molar-refractivity contribution in [3.05, 3.63) is 42.5 Å². The first-order chi connectivity index (χ1) is 14.1. The van der Waals surface area contributed by atoms with E-state index >= 15 is 0 Å². The van der Waals surface area contributed by atoms with Gasteiger partial charge in [-0.25, -0.2) is 17.9 Å². The highest BCUT2D eigenvalue weighted by Gasteiger charge is 2.25. The molecule has 1 aliphatic carbocycles. The van der Waals surface area contributed by atoms with Crippen LogP contribution in [0, 0.1) is 11.8 Å². The van der Waals surface area contributed by atoms with Crippen LogP contribution in [-0.2, 0) is 14.8 Å². The Morgan fingerprint density at radius 2 is 1.63 bits per heavy atom. The third-order valence-electron chi connectivity index (χ3n) is 5.49. The Hall–Kier alpha value is -2.12. The summed E-state index contributed by atoms with van der Waals surface area (Å²) in [6.07, 6.45) is 3.33. The quantitative estimate of drug-likeness (QED) is 0.706. The number of nitrogens with one attached hydrogen (secondary N) is 2. The maximum atomic E-state index is 12.9. The molecule has 164 valence electrons. The molecule has 1 amide bonds. The van der Waals surface area contributed by atoms with Crippen LogP contribution < -0.4 is 10.0 Å². The van der Waals surface area contributed by atoms with Crippen molar-refractivity contribution in [3.63, 3.8) is 0 Å². The summed E-state index contributed by atoms with van der Waals surface area (Å²) in [5.41, 5.74) is -0.310. The van der Waals surface area contributed by atoms with E-state index in [0.717, 1.165) is 36.5 Å². The van der Waals surface area contributed by atoms with Gasteiger partial charge in [0.15, 0.2) is 0 Å². The predicted molar refractivity (Wildman–Crippen MR) is 119 cm³/mol. The van der Waals surface area contributed by atoms with Gasteiger partial charge < -0.3 is 10.1 Å². The van der Waals surface area contributed by atoms with Gasteiger partial charge in [-0.2, -0.15) is 0 Å². The van der Waals surface area contributed by atoms with Gasteiger partial charge in [0.2, 0.25) is 10.0 Å². The van der Waals surface area contributed by atoms with Crippen molar-refractivity contribution in [2.24, 2.45) is 11.8 Å². The Kier molecular flexibility index (Phi) is 7.03. The third kappa shape index (κ3) is 6.19. The van der Waals surface area contributed by atoms with Crippen LogP contribution in [0.2, 0.25) is 0 Å². The molecule has 2 aromatic rings. The molecule has 6 nitrogen and oxygen atoms in total. The van der Waals surface area contributed by atoms with Gasteiger partial charge in [0.1, 0.15) is 0 Å². The van der Waals surface area contributed by atoms with Gasteiger partial charge in [-0.3, -0.25) is 0 Å². The molecule has 0 aliphatic heterocycles. The average molecular weight is 433 g/mol. The first-order valence-corrected chi connectivity index (χ1v) is 12.0. The molecule has 0 aromatic heterocycles. The minimum absolute atomic E-state index is 0.300. The van der Waals surface area contributed by atoms with Crippen molar-refractivity contribution in [2.75, 3.05) is 13.2 Å². The van der Waals surface area contributed by atoms with Crippen LogP contribution in [0.4, 0.5) is 4.79 Å². The van der Waals surface area contributed by atoms with Gasteiger partial charge in [0.05, 0.1) is 11.5 Å². The molecular formula is C23H32N2O4S. The van der Waals surface area contributed by atoms with Crippen molar-refractivity contribution in [1.82, 2.24) is 10.0 Å². The van der Waals surface area contributed by atoms with E-state index in [9.17, 15) is 13.2 Å². The Morgan fingerprint density at radius 1 is 1.00 bits per heavy atom. The number of hydrogen-bond acceptors (Lipinski definition) is 4. The first-order valence-electron chi connectivity index (χ1n) is 10.6. The van der Waals surface area contributed by atoms with E-state index in [4.69, 9.17) is 4.74 Å². The molecule has 7 heteroatoms. The lowest BCUT2D eigenvalue weighted by atomic mass is 9.82. The van der Waals surface area contributed by atoms with Crippen LogP contribution in [-0.4, -0.2) is 33.2 Å². The average Bonchev–Trinajstić information content (AvgIpc) is 2.70. The zero-order chi connectivity index (χ0) is 21.8. The van der Waals surface area contributed by atoms with Crippen molar-refractivity contribution in [1.29, 1.82) is 0 Å². The standard InChI is InChI=1S/C23H32N2O4S/c1-23(2,3)25-22(26)29-16-18-13-11-17(12-14-18)15-24-30(27,28)21-10-6-8-19-7-4-5-9-20(19)21/h4-10,17-18,24H,11-16H2,1-3H3,(H,25,26). The minimum Gasteiger partial charge on any atom is -0.449 e. The fourth-order valence-electron chi connectivity index (χ4n) is 3.87. The van der Waals surface area contributed by atoms with Gasteiger partial charge in [-0.15, -0.1) is 0 Å². The Bertz CT molecular complexity index is 969. The molecule has 0 saturated heterocycles. The van der Waals surface area contributed by atoms with E-state index < -0.39 is 10.0 Å². The number of benzene rings is 2. The fourth-order valence-corrected chi connectivity index (χ4v) is 5.22. The number of carbonyl (C=O) groups is 1. The lowest BCUT2D eigenvalue weighted by Gasteiger charge is -2.29. The predicted octanol–water partition coefficient (Wildman–Crippen LogP) is 4.45. The molecule has 0 unspecified atom stereocenters. The van der Waals surface area contributed by atoms with Crippen molar-refractivity contribution >= 4 is 26.9 Å². The fraction of sp³-hybridized carbons (Fsp3) is 0.522. The molecule has 0 spiro atoms. The summed E-state index contributed by atoms with van der Waals surface area (Å²) in [6.45, 7) is 6.59. The number of rotatable bonds is 6. The van der Waals surface area contributed by atoms with E-state index in [-0.39, 0.29) is 11.6 Å². The number of ether oxygens (including phenoxy) is 1. The molecule has 3 rings (SSSR count). The second-order valence-electron chi connectivity index (χ2n) is 9.19. The molecule has 2 N–H and O–H groups in total. The van der Waals surface area contributed by atoms with Gasteiger partial charge in [0, 0.05) is 17.5 Å². The molecule has 1 fully saturated rings. The Balaban J connectivity index is 1.48. The number of carbonyl (C=O) groups excluding carboxylic acids is 1. The highest BCUT2D eigenvalue weighted by atomic mass is 32.2. The van der Waals surface area contributed by atoms with Gasteiger partial charge in [0.25, 0.3) is 0 Å². The Labute approximate surface area is 179 Å². The molecule has 30 heavy (non-hydrogen) atoms. The molecule has 2 aromatic carbocycles. The molecule has 0 radical (unpaired) electrons. The zero-order valence-electron chi connectivity index (χ0n) is 18.0. The number of sulfonamides is 1. The van der Waals surface area contributed by atoms with Crippen molar-refractivity contribution in [2.45, 2.75) is 56.9 Å². The summed E-state index contributed by atoms with van der Waals surface area (Å²) in [5, 5.41) is 4.45. The monoisotopic (exact) mass is 432 g/mol. The maximum Gasteiger partial charge on any atom is 0.407 e. The lowest BCUT2D eigenvalue weighted by Crippen LogP contribution is -2.41. The molecule has 1 aliphatic rings. The molecule has 1 saturated carbocycles. The molecular weight excluding hydrogens is 400 g/mol. The molecule has 0 heterocycles. The SMILES string of the molecule is CC(C)(C)NC(=O)OCC1CCC(CNS(=O)(=O)c2cccc3ccccc23)CC1. The molecule has 0 atom stereocenters. The first kappa shape index (κ1) is 22.6. The normalized spacial score (nSPS) is 20.1. The van der Waals surface area contributed by atoms with E-state index in [2.05, 4.69) is 10.0 Å². The molecule has 0 bridgehead atoms. The second kappa shape index (κ2) is 9.35. The van der Waals surface area contributed by atoms with Gasteiger partial charge in [-0.1, -0.05) is 36.4 Å². The van der Waals surface area contributed by atoms with Crippen molar-refractivity contribution < 1.29 is 17.9 Å².